The number of aromatic nitrogens is 2. The summed E-state index contributed by atoms with van der Waals surface area (Å²) in [5.74, 6) is 1.08. The zero-order valence-corrected chi connectivity index (χ0v) is 19.6. The van der Waals surface area contributed by atoms with Crippen LogP contribution in [0.4, 0.5) is 8.78 Å². The molecular weight excluding hydrogens is 452 g/mol. The van der Waals surface area contributed by atoms with Gasteiger partial charge in [0.25, 0.3) is 0 Å². The van der Waals surface area contributed by atoms with E-state index in [4.69, 9.17) is 16.3 Å². The van der Waals surface area contributed by atoms with Gasteiger partial charge in [-0.15, -0.1) is 11.3 Å². The molecule has 1 spiro atoms. The van der Waals surface area contributed by atoms with Crippen molar-refractivity contribution in [2.75, 3.05) is 32.1 Å². The summed E-state index contributed by atoms with van der Waals surface area (Å²) in [6, 6.07) is 2.30. The fourth-order valence-electron chi connectivity index (χ4n) is 4.23. The van der Waals surface area contributed by atoms with Gasteiger partial charge in [-0.3, -0.25) is 9.58 Å². The average Bonchev–Trinajstić information content (AvgIpc) is 3.33. The van der Waals surface area contributed by atoms with E-state index in [1.165, 1.54) is 5.56 Å². The summed E-state index contributed by atoms with van der Waals surface area (Å²) in [6.45, 7) is 3.70. The van der Waals surface area contributed by atoms with Crippen LogP contribution >= 0.6 is 34.7 Å². The van der Waals surface area contributed by atoms with Crippen LogP contribution in [-0.4, -0.2) is 57.9 Å². The molecule has 2 aromatic rings. The minimum absolute atomic E-state index is 0.301. The van der Waals surface area contributed by atoms with E-state index in [1.54, 1.807) is 11.3 Å². The van der Waals surface area contributed by atoms with Gasteiger partial charge in [0.1, 0.15) is 11.7 Å². The molecular formula is C20H28ClF2N3O2S2. The number of fused-ring (bicyclic) bond motifs is 2. The molecule has 2 unspecified atom stereocenters. The van der Waals surface area contributed by atoms with Gasteiger partial charge in [0, 0.05) is 53.6 Å². The molecule has 3 atom stereocenters. The number of ether oxygens (including phenoxy) is 1. The Hall–Kier alpha value is -0.710. The highest BCUT2D eigenvalue weighted by atomic mass is 35.5. The number of aryl methyl sites for hydroxylation is 1. The minimum atomic E-state index is -1.75. The molecule has 2 aromatic heterocycles. The molecule has 10 heteroatoms. The number of piperidine rings is 1. The fourth-order valence-corrected chi connectivity index (χ4v) is 6.07. The molecule has 0 aliphatic carbocycles. The number of hydrogen-bond donors (Lipinski definition) is 1. The topological polar surface area (TPSA) is 50.5 Å². The molecule has 0 saturated carbocycles. The van der Waals surface area contributed by atoms with E-state index in [9.17, 15) is 13.9 Å². The molecule has 0 amide bonds. The van der Waals surface area contributed by atoms with Crippen LogP contribution in [0.25, 0.3) is 0 Å². The van der Waals surface area contributed by atoms with Crippen LogP contribution in [0, 0.1) is 0 Å². The lowest BCUT2D eigenvalue weighted by Crippen LogP contribution is -2.50. The Morgan fingerprint density at radius 3 is 2.93 bits per heavy atom. The number of thioether (sulfide) groups is 1. The lowest BCUT2D eigenvalue weighted by atomic mass is 9.81. The first kappa shape index (κ1) is 23.9. The Kier molecular flexibility index (Phi) is 8.57. The second-order valence-corrected chi connectivity index (χ2v) is 10.3. The highest BCUT2D eigenvalue weighted by Crippen LogP contribution is 2.50. The molecule has 1 N–H and O–H groups in total. The normalized spacial score (nSPS) is 26.3. The molecule has 4 heterocycles. The van der Waals surface area contributed by atoms with Gasteiger partial charge in [-0.05, 0) is 32.1 Å². The zero-order valence-electron chi connectivity index (χ0n) is 17.2. The summed E-state index contributed by atoms with van der Waals surface area (Å²) in [6.07, 6.45) is 7.56. The molecule has 0 aromatic carbocycles. The lowest BCUT2D eigenvalue weighted by molar-refractivity contribution is -0.139. The summed E-state index contributed by atoms with van der Waals surface area (Å²) in [5, 5.41) is 14.7. The number of hydrogen-bond acceptors (Lipinski definition) is 6. The molecule has 4 rings (SSSR count). The Morgan fingerprint density at radius 2 is 2.23 bits per heavy atom. The summed E-state index contributed by atoms with van der Waals surface area (Å²) in [7, 11) is 0. The summed E-state index contributed by atoms with van der Waals surface area (Å²) in [4.78, 5) is 3.63. The summed E-state index contributed by atoms with van der Waals surface area (Å²) >= 11 is 9.66. The van der Waals surface area contributed by atoms with Crippen molar-refractivity contribution >= 4 is 34.7 Å². The fraction of sp³-hybridized carbons (Fsp3) is 0.650. The van der Waals surface area contributed by atoms with Crippen molar-refractivity contribution < 1.29 is 18.6 Å². The smallest absolute Gasteiger partial charge is 0.229 e. The van der Waals surface area contributed by atoms with Gasteiger partial charge in [-0.25, -0.2) is 8.78 Å². The molecule has 5 nitrogen and oxygen atoms in total. The second-order valence-electron chi connectivity index (χ2n) is 7.64. The predicted molar refractivity (Wildman–Crippen MR) is 119 cm³/mol. The molecule has 0 bridgehead atoms. The number of rotatable bonds is 5. The predicted octanol–water partition coefficient (Wildman–Crippen LogP) is 4.79. The number of likely N-dealkylation sites (tertiary alicyclic amines) is 1. The van der Waals surface area contributed by atoms with Crippen LogP contribution in [0.3, 0.4) is 0 Å². The van der Waals surface area contributed by atoms with Crippen molar-refractivity contribution in [2.45, 2.75) is 50.6 Å². The molecule has 2 aliphatic heterocycles. The van der Waals surface area contributed by atoms with E-state index in [1.807, 2.05) is 28.7 Å². The Balaban J connectivity index is 0.000000806. The van der Waals surface area contributed by atoms with Gasteiger partial charge in [-0.1, -0.05) is 11.6 Å². The van der Waals surface area contributed by atoms with E-state index in [0.717, 1.165) is 53.0 Å². The van der Waals surface area contributed by atoms with Gasteiger partial charge in [0.15, 0.2) is 0 Å². The number of thiophene rings is 1. The maximum absolute atomic E-state index is 10.3. The zero-order chi connectivity index (χ0) is 21.7. The van der Waals surface area contributed by atoms with Crippen molar-refractivity contribution in [2.24, 2.45) is 0 Å². The molecule has 30 heavy (non-hydrogen) atoms. The summed E-state index contributed by atoms with van der Waals surface area (Å²) < 4.78 is 28.3. The van der Waals surface area contributed by atoms with E-state index >= 15 is 0 Å². The third-order valence-corrected chi connectivity index (χ3v) is 7.73. The van der Waals surface area contributed by atoms with Gasteiger partial charge in [-0.2, -0.15) is 16.9 Å². The minimum Gasteiger partial charge on any atom is -0.386 e. The van der Waals surface area contributed by atoms with Crippen molar-refractivity contribution in [1.29, 1.82) is 0 Å². The maximum atomic E-state index is 10.3. The standard InChI is InChI=1S/C19H26ClN3O2S2.CH2F2/c1-13-8-19(18-15(7-17(20)27-18)16(24)12-25-19)3-4-22(13)10-14-9-21-23(11-14)5-6-26-2;2-1-3/h7,9,11,13,16,24H,3-6,8,10,12H2,1-2H3;1H2/t13-,16?,19?;/m0./s1. The first-order valence-electron chi connectivity index (χ1n) is 9.90. The number of aliphatic hydroxyl groups is 1. The van der Waals surface area contributed by atoms with Gasteiger partial charge in [0.2, 0.25) is 6.93 Å². The first-order valence-corrected chi connectivity index (χ1v) is 12.5. The van der Waals surface area contributed by atoms with Crippen LogP contribution < -0.4 is 0 Å². The van der Waals surface area contributed by atoms with Crippen LogP contribution in [0.5, 0.6) is 0 Å². The van der Waals surface area contributed by atoms with Gasteiger partial charge in [0.05, 0.1) is 17.1 Å². The maximum Gasteiger partial charge on any atom is 0.229 e. The molecule has 1 saturated heterocycles. The first-order chi connectivity index (χ1) is 14.4. The van der Waals surface area contributed by atoms with Crippen molar-refractivity contribution in [1.82, 2.24) is 14.7 Å². The highest BCUT2D eigenvalue weighted by Gasteiger charge is 2.46. The SMILES string of the molecule is CSCCn1cc(CN2CCC3(C[C@@H]2C)OCC(O)c2cc(Cl)sc23)cn1.FCF. The Labute approximate surface area is 189 Å². The molecule has 2 aliphatic rings. The van der Waals surface area contributed by atoms with Crippen molar-refractivity contribution in [3.8, 4) is 0 Å². The molecule has 168 valence electrons. The Morgan fingerprint density at radius 1 is 1.47 bits per heavy atom. The van der Waals surface area contributed by atoms with Crippen LogP contribution in [0.15, 0.2) is 18.5 Å². The lowest BCUT2D eigenvalue weighted by Gasteiger charge is -2.47. The van der Waals surface area contributed by atoms with E-state index < -0.39 is 13.0 Å². The number of nitrogens with zero attached hydrogens (tertiary/aromatic N) is 3. The summed E-state index contributed by atoms with van der Waals surface area (Å²) in [5.41, 5.74) is 1.93. The quantitative estimate of drug-likeness (QED) is 0.668. The third kappa shape index (κ3) is 5.37. The number of halogens is 3. The van der Waals surface area contributed by atoms with E-state index in [0.29, 0.717) is 12.6 Å². The van der Waals surface area contributed by atoms with Crippen molar-refractivity contribution in [3.63, 3.8) is 0 Å². The van der Waals surface area contributed by atoms with Crippen LogP contribution in [0.1, 0.15) is 41.9 Å². The average molecular weight is 480 g/mol. The van der Waals surface area contributed by atoms with Gasteiger partial charge >= 0.3 is 0 Å². The van der Waals surface area contributed by atoms with Gasteiger partial charge < -0.3 is 9.84 Å². The molecule has 1 fully saturated rings. The van der Waals surface area contributed by atoms with E-state index in [2.05, 4.69) is 29.4 Å². The number of aliphatic hydroxyl groups excluding tert-OH is 1. The molecule has 0 radical (unpaired) electrons. The number of alkyl halides is 2. The second kappa shape index (κ2) is 10.7. The largest absolute Gasteiger partial charge is 0.386 e. The van der Waals surface area contributed by atoms with Crippen LogP contribution in [-0.2, 0) is 23.4 Å². The van der Waals surface area contributed by atoms with Crippen molar-refractivity contribution in [3.05, 3.63) is 38.8 Å². The van der Waals surface area contributed by atoms with Crippen LogP contribution in [0.2, 0.25) is 4.34 Å². The van der Waals surface area contributed by atoms with E-state index in [-0.39, 0.29) is 5.60 Å². The third-order valence-electron chi connectivity index (χ3n) is 5.67. The Bertz CT molecular complexity index is 822. The monoisotopic (exact) mass is 479 g/mol. The highest BCUT2D eigenvalue weighted by molar-refractivity contribution is 7.98.